The van der Waals surface area contributed by atoms with Crippen LogP contribution in [0.3, 0.4) is 0 Å². The largest absolute Gasteiger partial charge is 0.337 e. The number of aromatic nitrogens is 2. The maximum Gasteiger partial charge on any atom is 0.241 e. The number of nitrogens with zero attached hydrogens (tertiary/aromatic N) is 4. The van der Waals surface area contributed by atoms with Gasteiger partial charge in [0, 0.05) is 43.9 Å². The highest BCUT2D eigenvalue weighted by molar-refractivity contribution is 7.09. The first kappa shape index (κ1) is 22.8. The number of imide groups is 1. The Labute approximate surface area is 197 Å². The van der Waals surface area contributed by atoms with Gasteiger partial charge in [0.25, 0.3) is 0 Å². The van der Waals surface area contributed by atoms with Crippen LogP contribution in [-0.2, 0) is 26.3 Å². The minimum Gasteiger partial charge on any atom is -0.337 e. The molecule has 1 saturated heterocycles. The third-order valence-corrected chi connectivity index (χ3v) is 7.31. The number of pyridine rings is 1. The van der Waals surface area contributed by atoms with Crippen LogP contribution >= 0.6 is 11.3 Å². The fraction of sp³-hybridized carbons (Fsp3) is 0.320. The van der Waals surface area contributed by atoms with Crippen molar-refractivity contribution >= 4 is 29.1 Å². The van der Waals surface area contributed by atoms with E-state index in [0.717, 1.165) is 21.7 Å². The molecule has 170 valence electrons. The van der Waals surface area contributed by atoms with Crippen molar-refractivity contribution in [1.82, 2.24) is 19.8 Å². The molecule has 3 heterocycles. The topological polar surface area (TPSA) is 83.5 Å². The molecular weight excluding hydrogens is 436 g/mol. The van der Waals surface area contributed by atoms with E-state index in [-0.39, 0.29) is 43.1 Å². The molecule has 33 heavy (non-hydrogen) atoms. The molecule has 1 aliphatic heterocycles. The minimum absolute atomic E-state index is 0.0395. The first-order valence-corrected chi connectivity index (χ1v) is 11.7. The maximum atomic E-state index is 13.9. The third-order valence-electron chi connectivity index (χ3n) is 6.37. The summed E-state index contributed by atoms with van der Waals surface area (Å²) in [4.78, 5) is 51.7. The van der Waals surface area contributed by atoms with E-state index in [1.54, 1.807) is 36.6 Å². The van der Waals surface area contributed by atoms with Crippen LogP contribution in [0.4, 0.5) is 0 Å². The number of benzene rings is 1. The number of carbonyl (C=O) groups excluding carboxylic acids is 3. The van der Waals surface area contributed by atoms with Crippen LogP contribution in [0.1, 0.15) is 47.5 Å². The molecule has 1 fully saturated rings. The van der Waals surface area contributed by atoms with Crippen LogP contribution in [-0.4, -0.2) is 44.5 Å². The Kier molecular flexibility index (Phi) is 6.37. The van der Waals surface area contributed by atoms with E-state index in [1.165, 1.54) is 16.2 Å². The fourth-order valence-electron chi connectivity index (χ4n) is 4.39. The van der Waals surface area contributed by atoms with Gasteiger partial charge < -0.3 is 4.90 Å². The van der Waals surface area contributed by atoms with Gasteiger partial charge in [-0.05, 0) is 36.6 Å². The highest BCUT2D eigenvalue weighted by Gasteiger charge is 2.54. The third kappa shape index (κ3) is 4.30. The van der Waals surface area contributed by atoms with Crippen LogP contribution in [0, 0.1) is 6.92 Å². The van der Waals surface area contributed by atoms with Crippen LogP contribution < -0.4 is 0 Å². The average Bonchev–Trinajstić information content (AvgIpc) is 3.43. The van der Waals surface area contributed by atoms with Crippen molar-refractivity contribution in [2.75, 3.05) is 7.05 Å². The number of aryl methyl sites for hydroxylation is 1. The Balaban J connectivity index is 1.68. The Morgan fingerprint density at radius 3 is 2.67 bits per heavy atom. The standard InChI is InChI=1S/C25H26N4O3S/c1-17-7-4-5-9-20(17)25(13-21(30)28(3)18(2)23-27-11-12-33-23)14-22(31)29(24(25)32)16-19-8-6-10-26-15-19/h4-12,15,18H,13-14,16H2,1-3H3. The number of hydrogen-bond donors (Lipinski definition) is 0. The van der Waals surface area contributed by atoms with Gasteiger partial charge in [-0.2, -0.15) is 0 Å². The summed E-state index contributed by atoms with van der Waals surface area (Å²) in [5, 5.41) is 2.69. The van der Waals surface area contributed by atoms with Gasteiger partial charge in [-0.1, -0.05) is 30.3 Å². The van der Waals surface area contributed by atoms with Crippen molar-refractivity contribution < 1.29 is 14.4 Å². The van der Waals surface area contributed by atoms with Crippen LogP contribution in [0.25, 0.3) is 0 Å². The highest BCUT2D eigenvalue weighted by Crippen LogP contribution is 2.42. The Hall–Kier alpha value is -3.39. The van der Waals surface area contributed by atoms with Crippen LogP contribution in [0.15, 0.2) is 60.4 Å². The molecule has 0 bridgehead atoms. The molecule has 7 nitrogen and oxygen atoms in total. The number of thiazole rings is 1. The summed E-state index contributed by atoms with van der Waals surface area (Å²) in [5.41, 5.74) is 1.13. The summed E-state index contributed by atoms with van der Waals surface area (Å²) in [6.45, 7) is 3.96. The van der Waals surface area contributed by atoms with Crippen molar-refractivity contribution in [2.45, 2.75) is 44.7 Å². The van der Waals surface area contributed by atoms with E-state index in [1.807, 2.05) is 49.6 Å². The molecule has 0 aliphatic carbocycles. The zero-order valence-corrected chi connectivity index (χ0v) is 19.7. The Morgan fingerprint density at radius 1 is 1.21 bits per heavy atom. The lowest BCUT2D eigenvalue weighted by molar-refractivity contribution is -0.143. The van der Waals surface area contributed by atoms with Gasteiger partial charge in [-0.25, -0.2) is 4.98 Å². The maximum absolute atomic E-state index is 13.9. The van der Waals surface area contributed by atoms with Gasteiger partial charge in [-0.3, -0.25) is 24.3 Å². The zero-order chi connectivity index (χ0) is 23.6. The van der Waals surface area contributed by atoms with E-state index in [2.05, 4.69) is 9.97 Å². The lowest BCUT2D eigenvalue weighted by Crippen LogP contribution is -2.43. The van der Waals surface area contributed by atoms with E-state index in [4.69, 9.17) is 0 Å². The van der Waals surface area contributed by atoms with Gasteiger partial charge in [-0.15, -0.1) is 11.3 Å². The average molecular weight is 463 g/mol. The molecule has 3 aromatic rings. The highest BCUT2D eigenvalue weighted by atomic mass is 32.1. The van der Waals surface area contributed by atoms with Gasteiger partial charge in [0.1, 0.15) is 5.01 Å². The lowest BCUT2D eigenvalue weighted by atomic mass is 9.74. The molecule has 2 atom stereocenters. The predicted octanol–water partition coefficient (Wildman–Crippen LogP) is 3.65. The summed E-state index contributed by atoms with van der Waals surface area (Å²) >= 11 is 1.48. The SMILES string of the molecule is Cc1ccccc1C1(CC(=O)N(C)C(C)c2nccs2)CC(=O)N(Cc2cccnc2)C1=O. The molecule has 2 unspecified atom stereocenters. The van der Waals surface area contributed by atoms with Crippen LogP contribution in [0.5, 0.6) is 0 Å². The van der Waals surface area contributed by atoms with Crippen molar-refractivity contribution in [1.29, 1.82) is 0 Å². The monoisotopic (exact) mass is 462 g/mol. The van der Waals surface area contributed by atoms with Gasteiger partial charge in [0.05, 0.1) is 18.0 Å². The van der Waals surface area contributed by atoms with Crippen molar-refractivity contribution in [3.63, 3.8) is 0 Å². The molecule has 0 spiro atoms. The zero-order valence-electron chi connectivity index (χ0n) is 18.9. The first-order valence-electron chi connectivity index (χ1n) is 10.8. The molecule has 8 heteroatoms. The van der Waals surface area contributed by atoms with E-state index in [9.17, 15) is 14.4 Å². The summed E-state index contributed by atoms with van der Waals surface area (Å²) in [6.07, 6.45) is 4.87. The smallest absolute Gasteiger partial charge is 0.241 e. The van der Waals surface area contributed by atoms with Gasteiger partial charge in [0.15, 0.2) is 0 Å². The molecule has 1 aromatic carbocycles. The lowest BCUT2D eigenvalue weighted by Gasteiger charge is -2.32. The van der Waals surface area contributed by atoms with E-state index in [0.29, 0.717) is 0 Å². The normalized spacial score (nSPS) is 19.1. The van der Waals surface area contributed by atoms with E-state index < -0.39 is 5.41 Å². The molecule has 2 aromatic heterocycles. The van der Waals surface area contributed by atoms with Crippen molar-refractivity contribution in [3.05, 3.63) is 82.1 Å². The number of rotatable bonds is 7. The summed E-state index contributed by atoms with van der Waals surface area (Å²) in [5.74, 6) is -0.824. The summed E-state index contributed by atoms with van der Waals surface area (Å²) in [6, 6.07) is 10.9. The van der Waals surface area contributed by atoms with Gasteiger partial charge >= 0.3 is 0 Å². The van der Waals surface area contributed by atoms with Crippen molar-refractivity contribution in [2.24, 2.45) is 0 Å². The summed E-state index contributed by atoms with van der Waals surface area (Å²) < 4.78 is 0. The summed E-state index contributed by atoms with van der Waals surface area (Å²) in [7, 11) is 1.72. The Bertz CT molecular complexity index is 1170. The molecule has 3 amide bonds. The van der Waals surface area contributed by atoms with Crippen molar-refractivity contribution in [3.8, 4) is 0 Å². The molecule has 1 aliphatic rings. The minimum atomic E-state index is -1.24. The number of amides is 3. The fourth-order valence-corrected chi connectivity index (χ4v) is 5.13. The first-order chi connectivity index (χ1) is 15.8. The molecule has 0 saturated carbocycles. The second-order valence-electron chi connectivity index (χ2n) is 8.45. The number of hydrogen-bond acceptors (Lipinski definition) is 6. The van der Waals surface area contributed by atoms with E-state index >= 15 is 0 Å². The number of carbonyl (C=O) groups is 3. The predicted molar refractivity (Wildman–Crippen MR) is 125 cm³/mol. The molecule has 0 radical (unpaired) electrons. The molecular formula is C25H26N4O3S. The van der Waals surface area contributed by atoms with Crippen LogP contribution in [0.2, 0.25) is 0 Å². The second kappa shape index (κ2) is 9.23. The second-order valence-corrected chi connectivity index (χ2v) is 9.37. The molecule has 4 rings (SSSR count). The Morgan fingerprint density at radius 2 is 2.00 bits per heavy atom. The molecule has 0 N–H and O–H groups in total. The number of likely N-dealkylation sites (tertiary alicyclic amines) is 1. The van der Waals surface area contributed by atoms with Gasteiger partial charge in [0.2, 0.25) is 17.7 Å². The quantitative estimate of drug-likeness (QED) is 0.501.